The van der Waals surface area contributed by atoms with Gasteiger partial charge in [-0.2, -0.15) is 5.10 Å². The fourth-order valence-electron chi connectivity index (χ4n) is 2.87. The molecule has 2 heterocycles. The first-order valence-corrected chi connectivity index (χ1v) is 8.25. The number of halogens is 2. The number of benzene rings is 1. The van der Waals surface area contributed by atoms with Crippen LogP contribution in [0.5, 0.6) is 0 Å². The van der Waals surface area contributed by atoms with Crippen LogP contribution in [0.3, 0.4) is 0 Å². The van der Waals surface area contributed by atoms with E-state index in [1.54, 1.807) is 12.4 Å². The molecule has 0 aliphatic heterocycles. The maximum atomic E-state index is 12.6. The molecule has 0 saturated heterocycles. The van der Waals surface area contributed by atoms with Crippen LogP contribution in [0.25, 0.3) is 5.69 Å². The van der Waals surface area contributed by atoms with Gasteiger partial charge in [-0.15, -0.1) is 0 Å². The van der Waals surface area contributed by atoms with E-state index in [0.717, 1.165) is 29.1 Å². The molecule has 0 atom stereocenters. The second kappa shape index (κ2) is 7.46. The van der Waals surface area contributed by atoms with Crippen LogP contribution in [0, 0.1) is 6.92 Å². The van der Waals surface area contributed by atoms with E-state index in [1.807, 2.05) is 35.9 Å². The molecule has 5 nitrogen and oxygen atoms in total. The van der Waals surface area contributed by atoms with Crippen LogP contribution in [0.1, 0.15) is 24.0 Å². The zero-order chi connectivity index (χ0) is 17.8. The number of para-hydroxylation sites is 1. The van der Waals surface area contributed by atoms with Gasteiger partial charge in [0, 0.05) is 12.4 Å². The summed E-state index contributed by atoms with van der Waals surface area (Å²) < 4.78 is 28.6. The number of aromatic nitrogens is 4. The number of alkyl halides is 2. The predicted molar refractivity (Wildman–Crippen MR) is 93.2 cm³/mol. The summed E-state index contributed by atoms with van der Waals surface area (Å²) in [5.41, 5.74) is 4.10. The summed E-state index contributed by atoms with van der Waals surface area (Å²) in [6, 6.07) is 8.05. The average molecular weight is 345 g/mol. The first-order chi connectivity index (χ1) is 12.1. The van der Waals surface area contributed by atoms with Crippen molar-refractivity contribution < 1.29 is 8.78 Å². The van der Waals surface area contributed by atoms with Crippen LogP contribution in [0.4, 0.5) is 14.5 Å². The number of hydrogen-bond acceptors (Lipinski definition) is 3. The molecule has 0 spiro atoms. The smallest absolute Gasteiger partial charge is 0.256 e. The lowest BCUT2D eigenvalue weighted by Gasteiger charge is -2.12. The van der Waals surface area contributed by atoms with Crippen molar-refractivity contribution in [2.75, 3.05) is 5.32 Å². The van der Waals surface area contributed by atoms with Crippen molar-refractivity contribution in [1.82, 2.24) is 19.3 Å². The number of anilines is 1. The Morgan fingerprint density at radius 3 is 2.76 bits per heavy atom. The van der Waals surface area contributed by atoms with Gasteiger partial charge in [0.15, 0.2) is 0 Å². The summed E-state index contributed by atoms with van der Waals surface area (Å²) in [5, 5.41) is 7.77. The number of nitrogens with one attached hydrogen (secondary N) is 1. The Morgan fingerprint density at radius 1 is 1.24 bits per heavy atom. The van der Waals surface area contributed by atoms with Gasteiger partial charge in [0.2, 0.25) is 0 Å². The Labute approximate surface area is 145 Å². The normalized spacial score (nSPS) is 11.2. The topological polar surface area (TPSA) is 47.7 Å². The Bertz CT molecular complexity index is 838. The van der Waals surface area contributed by atoms with E-state index in [1.165, 1.54) is 10.8 Å². The minimum atomic E-state index is -2.40. The molecule has 1 N–H and O–H groups in total. The lowest BCUT2D eigenvalue weighted by molar-refractivity contribution is 0.125. The maximum Gasteiger partial charge on any atom is 0.256 e. The molecule has 2 aromatic heterocycles. The fourth-order valence-corrected chi connectivity index (χ4v) is 2.87. The third-order valence-corrected chi connectivity index (χ3v) is 4.12. The van der Waals surface area contributed by atoms with Crippen LogP contribution in [-0.2, 0) is 19.5 Å². The number of aryl methyl sites for hydroxylation is 1. The Balaban J connectivity index is 1.81. The SMILES string of the molecule is CCc1c(NCc2nccn2CC(F)F)cnn1-c1ccccc1C. The monoisotopic (exact) mass is 345 g/mol. The lowest BCUT2D eigenvalue weighted by Crippen LogP contribution is -2.13. The summed E-state index contributed by atoms with van der Waals surface area (Å²) >= 11 is 0. The van der Waals surface area contributed by atoms with Crippen molar-refractivity contribution in [1.29, 1.82) is 0 Å². The van der Waals surface area contributed by atoms with Crippen LogP contribution < -0.4 is 5.32 Å². The van der Waals surface area contributed by atoms with E-state index < -0.39 is 6.43 Å². The molecular weight excluding hydrogens is 324 g/mol. The highest BCUT2D eigenvalue weighted by atomic mass is 19.3. The molecule has 0 fully saturated rings. The van der Waals surface area contributed by atoms with Crippen molar-refractivity contribution in [2.24, 2.45) is 0 Å². The number of rotatable bonds is 7. The summed E-state index contributed by atoms with van der Waals surface area (Å²) in [5.74, 6) is 0.575. The minimum Gasteiger partial charge on any atom is -0.375 e. The molecule has 132 valence electrons. The first kappa shape index (κ1) is 17.1. The molecule has 7 heteroatoms. The molecule has 0 aliphatic rings. The quantitative estimate of drug-likeness (QED) is 0.708. The lowest BCUT2D eigenvalue weighted by atomic mass is 10.2. The summed E-state index contributed by atoms with van der Waals surface area (Å²) in [6.07, 6.45) is 3.27. The van der Waals surface area contributed by atoms with Crippen molar-refractivity contribution in [3.8, 4) is 5.69 Å². The minimum absolute atomic E-state index is 0.347. The molecule has 3 rings (SSSR count). The molecular formula is C18H21F2N5. The van der Waals surface area contributed by atoms with Crippen molar-refractivity contribution in [3.63, 3.8) is 0 Å². The highest BCUT2D eigenvalue weighted by Crippen LogP contribution is 2.22. The van der Waals surface area contributed by atoms with Gasteiger partial charge < -0.3 is 9.88 Å². The van der Waals surface area contributed by atoms with E-state index in [4.69, 9.17) is 0 Å². The van der Waals surface area contributed by atoms with Gasteiger partial charge in [-0.1, -0.05) is 25.1 Å². The van der Waals surface area contributed by atoms with Gasteiger partial charge in [-0.05, 0) is 25.0 Å². The highest BCUT2D eigenvalue weighted by molar-refractivity contribution is 5.51. The predicted octanol–water partition coefficient (Wildman–Crippen LogP) is 3.82. The van der Waals surface area contributed by atoms with E-state index in [0.29, 0.717) is 12.4 Å². The van der Waals surface area contributed by atoms with Gasteiger partial charge in [0.05, 0.1) is 36.4 Å². The maximum absolute atomic E-state index is 12.6. The Morgan fingerprint density at radius 2 is 2.04 bits per heavy atom. The summed E-state index contributed by atoms with van der Waals surface area (Å²) in [6.45, 7) is 4.13. The number of hydrogen-bond donors (Lipinski definition) is 1. The second-order valence-electron chi connectivity index (χ2n) is 5.80. The van der Waals surface area contributed by atoms with E-state index >= 15 is 0 Å². The van der Waals surface area contributed by atoms with Crippen LogP contribution in [0.2, 0.25) is 0 Å². The van der Waals surface area contributed by atoms with Gasteiger partial charge in [0.1, 0.15) is 5.82 Å². The third kappa shape index (κ3) is 3.70. The summed E-state index contributed by atoms with van der Waals surface area (Å²) in [4.78, 5) is 4.16. The number of nitrogens with zero attached hydrogens (tertiary/aromatic N) is 4. The van der Waals surface area contributed by atoms with Gasteiger partial charge >= 0.3 is 0 Å². The molecule has 0 saturated carbocycles. The Hall–Kier alpha value is -2.70. The van der Waals surface area contributed by atoms with E-state index in [2.05, 4.69) is 22.3 Å². The molecule has 0 amide bonds. The van der Waals surface area contributed by atoms with Crippen LogP contribution >= 0.6 is 0 Å². The number of imidazole rings is 1. The average Bonchev–Trinajstić information content (AvgIpc) is 3.19. The van der Waals surface area contributed by atoms with Crippen molar-refractivity contribution in [2.45, 2.75) is 39.8 Å². The first-order valence-electron chi connectivity index (χ1n) is 8.25. The Kier molecular flexibility index (Phi) is 5.11. The van der Waals surface area contributed by atoms with E-state index in [9.17, 15) is 8.78 Å². The van der Waals surface area contributed by atoms with E-state index in [-0.39, 0.29) is 6.54 Å². The molecule has 0 radical (unpaired) electrons. The molecule has 0 aliphatic carbocycles. The van der Waals surface area contributed by atoms with Crippen molar-refractivity contribution >= 4 is 5.69 Å². The summed E-state index contributed by atoms with van der Waals surface area (Å²) in [7, 11) is 0. The molecule has 1 aromatic carbocycles. The zero-order valence-electron chi connectivity index (χ0n) is 14.3. The zero-order valence-corrected chi connectivity index (χ0v) is 14.3. The molecule has 3 aromatic rings. The van der Waals surface area contributed by atoms with Gasteiger partial charge in [0.25, 0.3) is 6.43 Å². The molecule has 0 bridgehead atoms. The van der Waals surface area contributed by atoms with Crippen LogP contribution in [-0.4, -0.2) is 25.8 Å². The standard InChI is InChI=1S/C18H21F2N5/c1-3-15-14(10-23-25(15)16-7-5-4-6-13(16)2)22-11-18-21-8-9-24(18)12-17(19)20/h4-10,17,22H,3,11-12H2,1-2H3. The molecule has 0 unspecified atom stereocenters. The fraction of sp³-hybridized carbons (Fsp3) is 0.333. The van der Waals surface area contributed by atoms with Crippen molar-refractivity contribution in [3.05, 3.63) is 59.9 Å². The van der Waals surface area contributed by atoms with Gasteiger partial charge in [-0.3, -0.25) is 0 Å². The second-order valence-corrected chi connectivity index (χ2v) is 5.80. The third-order valence-electron chi connectivity index (χ3n) is 4.12. The highest BCUT2D eigenvalue weighted by Gasteiger charge is 2.13. The van der Waals surface area contributed by atoms with Gasteiger partial charge in [-0.25, -0.2) is 18.4 Å². The van der Waals surface area contributed by atoms with Crippen LogP contribution in [0.15, 0.2) is 42.9 Å². The largest absolute Gasteiger partial charge is 0.375 e. The molecule has 25 heavy (non-hydrogen) atoms.